The van der Waals surface area contributed by atoms with Crippen molar-refractivity contribution in [2.24, 2.45) is 5.92 Å². The summed E-state index contributed by atoms with van der Waals surface area (Å²) >= 11 is 0. The van der Waals surface area contributed by atoms with E-state index in [0.29, 0.717) is 13.0 Å². The summed E-state index contributed by atoms with van der Waals surface area (Å²) in [6, 6.07) is -0.482. The van der Waals surface area contributed by atoms with Crippen molar-refractivity contribution in [1.29, 1.82) is 0 Å². The van der Waals surface area contributed by atoms with Crippen molar-refractivity contribution in [1.82, 2.24) is 10.2 Å². The third-order valence-corrected chi connectivity index (χ3v) is 3.14. The van der Waals surface area contributed by atoms with Crippen LogP contribution in [0, 0.1) is 5.92 Å². The molecule has 2 unspecified atom stereocenters. The summed E-state index contributed by atoms with van der Waals surface area (Å²) in [5.74, 6) is -1.27. The number of carbonyl (C=O) groups is 2. The summed E-state index contributed by atoms with van der Waals surface area (Å²) in [7, 11) is 1.66. The molecule has 17 heavy (non-hydrogen) atoms. The fraction of sp³-hybridized carbons (Fsp3) is 0.667. The Bertz CT molecular complexity index is 304. The van der Waals surface area contributed by atoms with Crippen molar-refractivity contribution in [3.63, 3.8) is 0 Å². The monoisotopic (exact) mass is 240 g/mol. The lowest BCUT2D eigenvalue weighted by Crippen LogP contribution is -2.49. The normalized spacial score (nSPS) is 23.8. The van der Waals surface area contributed by atoms with Crippen LogP contribution >= 0.6 is 0 Å². The highest BCUT2D eigenvalue weighted by molar-refractivity contribution is 5.76. The van der Waals surface area contributed by atoms with Crippen LogP contribution in [-0.2, 0) is 4.79 Å². The first kappa shape index (κ1) is 13.5. The van der Waals surface area contributed by atoms with Gasteiger partial charge in [0.1, 0.15) is 0 Å². The fourth-order valence-corrected chi connectivity index (χ4v) is 2.14. The number of nitrogens with zero attached hydrogens (tertiary/aromatic N) is 1. The molecule has 0 aromatic carbocycles. The maximum Gasteiger partial charge on any atom is 0.317 e. The summed E-state index contributed by atoms with van der Waals surface area (Å²) in [4.78, 5) is 24.3. The fourth-order valence-electron chi connectivity index (χ4n) is 2.14. The zero-order valence-corrected chi connectivity index (χ0v) is 10.2. The molecule has 1 aliphatic rings. The van der Waals surface area contributed by atoms with Gasteiger partial charge in [0.15, 0.2) is 0 Å². The lowest BCUT2D eigenvalue weighted by molar-refractivity contribution is -0.143. The molecule has 0 saturated heterocycles. The van der Waals surface area contributed by atoms with E-state index in [1.54, 1.807) is 13.1 Å². The Morgan fingerprint density at radius 1 is 1.47 bits per heavy atom. The summed E-state index contributed by atoms with van der Waals surface area (Å²) in [6.45, 7) is 4.01. The molecule has 0 aromatic heterocycles. The van der Waals surface area contributed by atoms with E-state index in [9.17, 15) is 9.59 Å². The molecule has 5 heteroatoms. The molecule has 0 spiro atoms. The Labute approximate surface area is 101 Å². The molecule has 5 nitrogen and oxygen atoms in total. The van der Waals surface area contributed by atoms with Crippen LogP contribution in [-0.4, -0.2) is 41.6 Å². The van der Waals surface area contributed by atoms with Crippen LogP contribution in [0.25, 0.3) is 0 Å². The van der Waals surface area contributed by atoms with Crippen molar-refractivity contribution in [3.8, 4) is 0 Å². The molecular weight excluding hydrogens is 220 g/mol. The number of hydrogen-bond acceptors (Lipinski definition) is 2. The van der Waals surface area contributed by atoms with E-state index in [0.717, 1.165) is 19.3 Å². The topological polar surface area (TPSA) is 69.6 Å². The predicted molar refractivity (Wildman–Crippen MR) is 64.7 cm³/mol. The van der Waals surface area contributed by atoms with Crippen LogP contribution in [0.5, 0.6) is 0 Å². The predicted octanol–water partition coefficient (Wildman–Crippen LogP) is 1.46. The third-order valence-electron chi connectivity index (χ3n) is 3.14. The van der Waals surface area contributed by atoms with Crippen molar-refractivity contribution < 1.29 is 14.7 Å². The summed E-state index contributed by atoms with van der Waals surface area (Å²) in [6.07, 6.45) is 4.91. The summed E-state index contributed by atoms with van der Waals surface area (Å²) in [5.41, 5.74) is 0. The number of hydrogen-bond donors (Lipinski definition) is 2. The molecule has 1 fully saturated rings. The van der Waals surface area contributed by atoms with E-state index in [2.05, 4.69) is 11.9 Å². The van der Waals surface area contributed by atoms with E-state index in [1.807, 2.05) is 0 Å². The molecule has 1 rings (SSSR count). The van der Waals surface area contributed by atoms with E-state index in [4.69, 9.17) is 5.11 Å². The van der Waals surface area contributed by atoms with Gasteiger partial charge in [-0.05, 0) is 12.8 Å². The second kappa shape index (κ2) is 6.27. The molecule has 2 amide bonds. The van der Waals surface area contributed by atoms with Gasteiger partial charge in [0.05, 0.1) is 5.92 Å². The van der Waals surface area contributed by atoms with Gasteiger partial charge in [-0.25, -0.2) is 4.79 Å². The zero-order valence-electron chi connectivity index (χ0n) is 10.2. The Kier molecular flexibility index (Phi) is 5.00. The first-order chi connectivity index (χ1) is 8.06. The number of urea groups is 1. The standard InChI is InChI=1S/C12H20N2O3/c1-3-8-14(2)12(17)13-10-7-5-4-6-9(10)11(15)16/h3,9-10H,1,4-8H2,2H3,(H,13,17)(H,15,16). The van der Waals surface area contributed by atoms with Crippen molar-refractivity contribution in [2.75, 3.05) is 13.6 Å². The minimum Gasteiger partial charge on any atom is -0.481 e. The molecule has 0 bridgehead atoms. The van der Waals surface area contributed by atoms with E-state index in [1.165, 1.54) is 4.90 Å². The van der Waals surface area contributed by atoms with Crippen molar-refractivity contribution >= 4 is 12.0 Å². The number of carboxylic acids is 1. The maximum atomic E-state index is 11.7. The largest absolute Gasteiger partial charge is 0.481 e. The third kappa shape index (κ3) is 3.76. The molecule has 1 saturated carbocycles. The molecule has 0 aromatic rings. The lowest BCUT2D eigenvalue weighted by Gasteiger charge is -2.30. The minimum atomic E-state index is -0.818. The Balaban J connectivity index is 2.55. The van der Waals surface area contributed by atoms with Gasteiger partial charge in [-0.1, -0.05) is 18.9 Å². The van der Waals surface area contributed by atoms with Gasteiger partial charge in [0.2, 0.25) is 0 Å². The number of amides is 2. The van der Waals surface area contributed by atoms with Gasteiger partial charge >= 0.3 is 12.0 Å². The quantitative estimate of drug-likeness (QED) is 0.731. The molecule has 2 atom stereocenters. The highest BCUT2D eigenvalue weighted by Gasteiger charge is 2.32. The number of carboxylic acid groups (broad SMARTS) is 1. The van der Waals surface area contributed by atoms with Crippen LogP contribution in [0.3, 0.4) is 0 Å². The first-order valence-corrected chi connectivity index (χ1v) is 5.91. The smallest absolute Gasteiger partial charge is 0.317 e. The van der Waals surface area contributed by atoms with Gasteiger partial charge < -0.3 is 15.3 Å². The lowest BCUT2D eigenvalue weighted by atomic mass is 9.84. The number of likely N-dealkylation sites (N-methyl/N-ethyl adjacent to an activating group) is 1. The number of nitrogens with one attached hydrogen (secondary N) is 1. The molecule has 96 valence electrons. The van der Waals surface area contributed by atoms with Crippen molar-refractivity contribution in [2.45, 2.75) is 31.7 Å². The summed E-state index contributed by atoms with van der Waals surface area (Å²) in [5, 5.41) is 11.9. The van der Waals surface area contributed by atoms with Crippen LogP contribution in [0.15, 0.2) is 12.7 Å². The van der Waals surface area contributed by atoms with Gasteiger partial charge in [-0.2, -0.15) is 0 Å². The summed E-state index contributed by atoms with van der Waals surface area (Å²) < 4.78 is 0. The number of rotatable bonds is 4. The molecule has 0 aliphatic heterocycles. The number of aliphatic carboxylic acids is 1. The molecule has 0 heterocycles. The Hall–Kier alpha value is -1.52. The average molecular weight is 240 g/mol. The second-order valence-corrected chi connectivity index (χ2v) is 4.45. The van der Waals surface area contributed by atoms with Gasteiger partial charge in [-0.3, -0.25) is 4.79 Å². The number of carbonyl (C=O) groups excluding carboxylic acids is 1. The van der Waals surface area contributed by atoms with Crippen molar-refractivity contribution in [3.05, 3.63) is 12.7 Å². The first-order valence-electron chi connectivity index (χ1n) is 5.91. The SMILES string of the molecule is C=CCN(C)C(=O)NC1CCCCC1C(=O)O. The van der Waals surface area contributed by atoms with Crippen LogP contribution in [0.1, 0.15) is 25.7 Å². The zero-order chi connectivity index (χ0) is 12.8. The second-order valence-electron chi connectivity index (χ2n) is 4.45. The highest BCUT2D eigenvalue weighted by atomic mass is 16.4. The van der Waals surface area contributed by atoms with Crippen LogP contribution in [0.2, 0.25) is 0 Å². The van der Waals surface area contributed by atoms with Gasteiger partial charge in [0.25, 0.3) is 0 Å². The van der Waals surface area contributed by atoms with Crippen LogP contribution in [0.4, 0.5) is 4.79 Å². The Morgan fingerprint density at radius 2 is 2.12 bits per heavy atom. The molecule has 1 aliphatic carbocycles. The van der Waals surface area contributed by atoms with E-state index < -0.39 is 11.9 Å². The minimum absolute atomic E-state index is 0.233. The average Bonchev–Trinajstić information content (AvgIpc) is 2.29. The van der Waals surface area contributed by atoms with E-state index >= 15 is 0 Å². The van der Waals surface area contributed by atoms with E-state index in [-0.39, 0.29) is 12.1 Å². The highest BCUT2D eigenvalue weighted by Crippen LogP contribution is 2.24. The van der Waals surface area contributed by atoms with Crippen LogP contribution < -0.4 is 5.32 Å². The van der Waals surface area contributed by atoms with Gasteiger partial charge in [-0.15, -0.1) is 6.58 Å². The molecule has 2 N–H and O–H groups in total. The molecule has 0 radical (unpaired) electrons. The Morgan fingerprint density at radius 3 is 2.71 bits per heavy atom. The molecular formula is C12H20N2O3. The maximum absolute atomic E-state index is 11.7. The van der Waals surface area contributed by atoms with Gasteiger partial charge in [0, 0.05) is 19.6 Å².